The van der Waals surface area contributed by atoms with Gasteiger partial charge >= 0.3 is 0 Å². The van der Waals surface area contributed by atoms with Crippen molar-refractivity contribution in [3.8, 4) is 0 Å². The zero-order chi connectivity index (χ0) is 11.0. The molecule has 0 atom stereocenters. The maximum Gasteiger partial charge on any atom is 0.253 e. The summed E-state index contributed by atoms with van der Waals surface area (Å²) >= 11 is 3.45. The van der Waals surface area contributed by atoms with Gasteiger partial charge in [0.1, 0.15) is 0 Å². The van der Waals surface area contributed by atoms with Crippen molar-refractivity contribution in [3.05, 3.63) is 33.8 Å². The Balaban J connectivity index is 2.21. The maximum atomic E-state index is 12.0. The zero-order valence-corrected chi connectivity index (χ0v) is 10.5. The van der Waals surface area contributed by atoms with Gasteiger partial charge in [-0.05, 0) is 37.5 Å². The molecule has 1 aliphatic carbocycles. The minimum atomic E-state index is 0.123. The largest absolute Gasteiger partial charge is 0.339 e. The van der Waals surface area contributed by atoms with Crippen LogP contribution in [0.1, 0.15) is 28.8 Å². The molecular weight excluding hydrogens is 254 g/mol. The molecule has 3 heteroatoms. The summed E-state index contributed by atoms with van der Waals surface area (Å²) in [6.45, 7) is 2.02. The van der Waals surface area contributed by atoms with Crippen molar-refractivity contribution in [1.29, 1.82) is 0 Å². The predicted molar refractivity (Wildman–Crippen MR) is 64.0 cm³/mol. The highest BCUT2D eigenvalue weighted by Gasteiger charge is 2.30. The number of nitrogens with zero attached hydrogens (tertiary/aromatic N) is 1. The Morgan fingerprint density at radius 2 is 2.13 bits per heavy atom. The average Bonchev–Trinajstić information content (AvgIpc) is 3.03. The molecule has 15 heavy (non-hydrogen) atoms. The maximum absolute atomic E-state index is 12.0. The van der Waals surface area contributed by atoms with Crippen LogP contribution in [0.5, 0.6) is 0 Å². The lowest BCUT2D eigenvalue weighted by Gasteiger charge is -2.16. The van der Waals surface area contributed by atoms with Crippen LogP contribution in [0.3, 0.4) is 0 Å². The van der Waals surface area contributed by atoms with Crippen LogP contribution in [0.2, 0.25) is 0 Å². The molecular formula is C12H14BrNO. The van der Waals surface area contributed by atoms with E-state index in [4.69, 9.17) is 0 Å². The van der Waals surface area contributed by atoms with Crippen LogP contribution in [0, 0.1) is 6.92 Å². The van der Waals surface area contributed by atoms with Crippen LogP contribution < -0.4 is 0 Å². The van der Waals surface area contributed by atoms with Crippen LogP contribution in [-0.4, -0.2) is 23.9 Å². The molecule has 2 rings (SSSR count). The molecule has 80 valence electrons. The fraction of sp³-hybridized carbons (Fsp3) is 0.417. The van der Waals surface area contributed by atoms with Gasteiger partial charge in [-0.2, -0.15) is 0 Å². The lowest BCUT2D eigenvalue weighted by Crippen LogP contribution is -2.28. The van der Waals surface area contributed by atoms with Crippen molar-refractivity contribution in [2.45, 2.75) is 25.8 Å². The molecule has 0 N–H and O–H groups in total. The van der Waals surface area contributed by atoms with E-state index in [0.29, 0.717) is 6.04 Å². The number of aryl methyl sites for hydroxylation is 1. The van der Waals surface area contributed by atoms with E-state index in [2.05, 4.69) is 15.9 Å². The van der Waals surface area contributed by atoms with E-state index in [1.54, 1.807) is 0 Å². The van der Waals surface area contributed by atoms with E-state index in [1.807, 2.05) is 37.1 Å². The Bertz CT molecular complexity index is 399. The molecule has 1 fully saturated rings. The predicted octanol–water partition coefficient (Wildman–Crippen LogP) is 2.99. The van der Waals surface area contributed by atoms with Gasteiger partial charge in [-0.25, -0.2) is 0 Å². The summed E-state index contributed by atoms with van der Waals surface area (Å²) in [6.07, 6.45) is 2.30. The van der Waals surface area contributed by atoms with Gasteiger partial charge < -0.3 is 4.90 Å². The topological polar surface area (TPSA) is 20.3 Å². The van der Waals surface area contributed by atoms with Gasteiger partial charge in [0.15, 0.2) is 0 Å². The number of carbonyl (C=O) groups is 1. The van der Waals surface area contributed by atoms with Crippen LogP contribution in [0.4, 0.5) is 0 Å². The molecule has 1 aromatic rings. The van der Waals surface area contributed by atoms with Crippen LogP contribution >= 0.6 is 15.9 Å². The van der Waals surface area contributed by atoms with E-state index in [0.717, 1.165) is 28.4 Å². The van der Waals surface area contributed by atoms with Gasteiger partial charge in [0.05, 0.1) is 0 Å². The highest BCUT2D eigenvalue weighted by atomic mass is 79.9. The summed E-state index contributed by atoms with van der Waals surface area (Å²) in [7, 11) is 1.88. The first-order valence-corrected chi connectivity index (χ1v) is 5.92. The highest BCUT2D eigenvalue weighted by molar-refractivity contribution is 9.10. The molecule has 1 aliphatic rings. The molecule has 0 aromatic heterocycles. The van der Waals surface area contributed by atoms with Gasteiger partial charge in [-0.15, -0.1) is 0 Å². The van der Waals surface area contributed by atoms with E-state index >= 15 is 0 Å². The molecule has 0 aliphatic heterocycles. The van der Waals surface area contributed by atoms with Crippen LogP contribution in [0.15, 0.2) is 22.7 Å². The summed E-state index contributed by atoms with van der Waals surface area (Å²) in [6, 6.07) is 6.23. The molecule has 0 heterocycles. The number of amides is 1. The van der Waals surface area contributed by atoms with Gasteiger partial charge in [0.2, 0.25) is 0 Å². The summed E-state index contributed by atoms with van der Waals surface area (Å²) < 4.78 is 0.998. The van der Waals surface area contributed by atoms with Gasteiger partial charge in [-0.1, -0.05) is 22.0 Å². The summed E-state index contributed by atoms with van der Waals surface area (Å²) in [5.41, 5.74) is 1.92. The van der Waals surface area contributed by atoms with Crippen molar-refractivity contribution < 1.29 is 4.79 Å². The summed E-state index contributed by atoms with van der Waals surface area (Å²) in [5.74, 6) is 0.123. The van der Waals surface area contributed by atoms with Crippen LogP contribution in [-0.2, 0) is 0 Å². The number of benzene rings is 1. The van der Waals surface area contributed by atoms with Crippen LogP contribution in [0.25, 0.3) is 0 Å². The molecule has 0 bridgehead atoms. The normalized spacial score (nSPS) is 15.1. The first-order valence-electron chi connectivity index (χ1n) is 5.13. The second-order valence-corrected chi connectivity index (χ2v) is 4.97. The Morgan fingerprint density at radius 1 is 1.47 bits per heavy atom. The molecule has 0 spiro atoms. The third-order valence-corrected chi connectivity index (χ3v) is 3.69. The standard InChI is InChI=1S/C12H14BrNO/c1-8-3-4-9(7-11(8)13)12(15)14(2)10-5-6-10/h3-4,7,10H,5-6H2,1-2H3. The third kappa shape index (κ3) is 2.23. The Kier molecular flexibility index (Phi) is 2.83. The van der Waals surface area contributed by atoms with E-state index in [-0.39, 0.29) is 5.91 Å². The molecule has 1 amide bonds. The zero-order valence-electron chi connectivity index (χ0n) is 8.96. The van der Waals surface area contributed by atoms with Gasteiger partial charge in [0, 0.05) is 23.1 Å². The summed E-state index contributed by atoms with van der Waals surface area (Å²) in [4.78, 5) is 13.8. The SMILES string of the molecule is Cc1ccc(C(=O)N(C)C2CC2)cc1Br. The van der Waals surface area contributed by atoms with Crippen molar-refractivity contribution >= 4 is 21.8 Å². The molecule has 1 saturated carbocycles. The number of carbonyl (C=O) groups excluding carboxylic acids is 1. The minimum absolute atomic E-state index is 0.123. The fourth-order valence-corrected chi connectivity index (χ4v) is 1.94. The third-order valence-electron chi connectivity index (χ3n) is 2.83. The minimum Gasteiger partial charge on any atom is -0.339 e. The smallest absolute Gasteiger partial charge is 0.253 e. The number of hydrogen-bond acceptors (Lipinski definition) is 1. The summed E-state index contributed by atoms with van der Waals surface area (Å²) in [5, 5.41) is 0. The number of rotatable bonds is 2. The Labute approximate surface area is 98.4 Å². The molecule has 0 saturated heterocycles. The molecule has 0 unspecified atom stereocenters. The lowest BCUT2D eigenvalue weighted by atomic mass is 10.1. The van der Waals surface area contributed by atoms with Gasteiger partial charge in [0.25, 0.3) is 5.91 Å². The fourth-order valence-electron chi connectivity index (χ4n) is 1.56. The molecule has 1 aromatic carbocycles. The first kappa shape index (κ1) is 10.7. The van der Waals surface area contributed by atoms with E-state index in [1.165, 1.54) is 0 Å². The Morgan fingerprint density at radius 3 is 2.67 bits per heavy atom. The number of halogens is 1. The second kappa shape index (κ2) is 3.97. The molecule has 0 radical (unpaired) electrons. The van der Waals surface area contributed by atoms with Gasteiger partial charge in [-0.3, -0.25) is 4.79 Å². The van der Waals surface area contributed by atoms with E-state index in [9.17, 15) is 4.79 Å². The highest BCUT2D eigenvalue weighted by Crippen LogP contribution is 2.27. The second-order valence-electron chi connectivity index (χ2n) is 4.11. The monoisotopic (exact) mass is 267 g/mol. The quantitative estimate of drug-likeness (QED) is 0.807. The lowest BCUT2D eigenvalue weighted by molar-refractivity contribution is 0.0785. The molecule has 2 nitrogen and oxygen atoms in total. The van der Waals surface area contributed by atoms with Crippen molar-refractivity contribution in [1.82, 2.24) is 4.90 Å². The number of hydrogen-bond donors (Lipinski definition) is 0. The first-order chi connectivity index (χ1) is 7.09. The van der Waals surface area contributed by atoms with Crippen molar-refractivity contribution in [2.75, 3.05) is 7.05 Å². The average molecular weight is 268 g/mol. The Hall–Kier alpha value is -0.830. The van der Waals surface area contributed by atoms with Crippen molar-refractivity contribution in [2.24, 2.45) is 0 Å². The van der Waals surface area contributed by atoms with Crippen molar-refractivity contribution in [3.63, 3.8) is 0 Å². The van der Waals surface area contributed by atoms with E-state index < -0.39 is 0 Å².